The fourth-order valence-corrected chi connectivity index (χ4v) is 6.67. The Morgan fingerprint density at radius 3 is 1.93 bits per heavy atom. The normalized spacial score (nSPS) is 11.5. The van der Waals surface area contributed by atoms with Crippen molar-refractivity contribution in [2.24, 2.45) is 0 Å². The van der Waals surface area contributed by atoms with Crippen molar-refractivity contribution in [1.29, 1.82) is 0 Å². The number of hydrogen-bond acceptors (Lipinski definition) is 3. The van der Waals surface area contributed by atoms with E-state index in [1.165, 1.54) is 21.9 Å². The number of fused-ring (bicyclic) bond motifs is 5. The monoisotopic (exact) mass is 588 g/mol. The third kappa shape index (κ3) is 4.41. The van der Waals surface area contributed by atoms with Crippen LogP contribution < -0.4 is 4.90 Å². The van der Waals surface area contributed by atoms with Crippen molar-refractivity contribution < 1.29 is 4.42 Å². The van der Waals surface area contributed by atoms with Crippen LogP contribution in [0.4, 0.5) is 17.1 Å². The van der Waals surface area contributed by atoms with Gasteiger partial charge in [0.1, 0.15) is 5.58 Å². The van der Waals surface area contributed by atoms with Crippen molar-refractivity contribution in [2.45, 2.75) is 0 Å². The zero-order chi connectivity index (χ0) is 30.5. The van der Waals surface area contributed by atoms with Crippen molar-refractivity contribution >= 4 is 60.8 Å². The lowest BCUT2D eigenvalue weighted by molar-refractivity contribution is 0.656. The number of nitrogens with zero attached hydrogens (tertiary/aromatic N) is 2. The zero-order valence-corrected chi connectivity index (χ0v) is 25.0. The molecule has 0 amide bonds. The molecule has 216 valence electrons. The Balaban J connectivity index is 1.29. The molecule has 9 aromatic rings. The van der Waals surface area contributed by atoms with Gasteiger partial charge in [0, 0.05) is 27.5 Å². The first kappa shape index (κ1) is 26.2. The molecule has 2 aromatic heterocycles. The lowest BCUT2D eigenvalue weighted by atomic mass is 9.97. The highest BCUT2D eigenvalue weighted by atomic mass is 16.3. The van der Waals surface area contributed by atoms with Gasteiger partial charge in [0.25, 0.3) is 0 Å². The van der Waals surface area contributed by atoms with Gasteiger partial charge in [0.15, 0.2) is 0 Å². The van der Waals surface area contributed by atoms with Crippen LogP contribution in [0.25, 0.3) is 66.0 Å². The van der Waals surface area contributed by atoms with Crippen LogP contribution in [0.3, 0.4) is 0 Å². The van der Waals surface area contributed by atoms with Gasteiger partial charge in [0.05, 0.1) is 11.2 Å². The van der Waals surface area contributed by atoms with Crippen LogP contribution in [-0.2, 0) is 0 Å². The van der Waals surface area contributed by atoms with Crippen LogP contribution in [0, 0.1) is 0 Å². The Kier molecular flexibility index (Phi) is 6.14. The summed E-state index contributed by atoms with van der Waals surface area (Å²) < 4.78 is 6.27. The van der Waals surface area contributed by atoms with Crippen molar-refractivity contribution in [3.8, 4) is 22.3 Å². The molecule has 0 bridgehead atoms. The molecule has 0 spiro atoms. The molecule has 0 aliphatic carbocycles. The minimum Gasteiger partial charge on any atom is -0.438 e. The van der Waals surface area contributed by atoms with Gasteiger partial charge in [-0.2, -0.15) is 0 Å². The second kappa shape index (κ2) is 10.8. The Bertz CT molecular complexity index is 2540. The molecule has 0 atom stereocenters. The smallest absolute Gasteiger partial charge is 0.227 e. The van der Waals surface area contributed by atoms with Crippen LogP contribution in [0.1, 0.15) is 0 Å². The number of rotatable bonds is 5. The van der Waals surface area contributed by atoms with E-state index in [-0.39, 0.29) is 0 Å². The standard InChI is InChI=1S/C43H28N2O/c1-2-12-29(13-3-1)31-16-8-19-34(26-31)45(35-20-9-17-32(27-35)37-23-10-15-30-14-4-5-21-36(30)37)40-24-11-18-33-28-39-38-22-6-7-25-41(38)46-43(39)44-42(33)40/h1-28H. The van der Waals surface area contributed by atoms with Gasteiger partial charge in [-0.25, -0.2) is 4.98 Å². The first-order valence-corrected chi connectivity index (χ1v) is 15.5. The lowest BCUT2D eigenvalue weighted by Crippen LogP contribution is -2.11. The van der Waals surface area contributed by atoms with E-state index < -0.39 is 0 Å². The number of furan rings is 1. The molecule has 0 N–H and O–H groups in total. The third-order valence-electron chi connectivity index (χ3n) is 8.83. The van der Waals surface area contributed by atoms with Gasteiger partial charge in [-0.3, -0.25) is 0 Å². The maximum absolute atomic E-state index is 6.27. The Morgan fingerprint density at radius 2 is 1.07 bits per heavy atom. The second-order valence-corrected chi connectivity index (χ2v) is 11.6. The van der Waals surface area contributed by atoms with Gasteiger partial charge in [0.2, 0.25) is 5.71 Å². The van der Waals surface area contributed by atoms with Crippen molar-refractivity contribution in [1.82, 2.24) is 4.98 Å². The molecular weight excluding hydrogens is 560 g/mol. The number of hydrogen-bond donors (Lipinski definition) is 0. The van der Waals surface area contributed by atoms with Crippen LogP contribution in [0.15, 0.2) is 174 Å². The van der Waals surface area contributed by atoms with Gasteiger partial charge >= 0.3 is 0 Å². The third-order valence-corrected chi connectivity index (χ3v) is 8.83. The molecule has 0 fully saturated rings. The van der Waals surface area contributed by atoms with E-state index in [0.29, 0.717) is 5.71 Å². The molecule has 46 heavy (non-hydrogen) atoms. The number of pyridine rings is 1. The summed E-state index contributed by atoms with van der Waals surface area (Å²) in [7, 11) is 0. The molecule has 2 heterocycles. The zero-order valence-electron chi connectivity index (χ0n) is 25.0. The minimum atomic E-state index is 0.642. The van der Waals surface area contributed by atoms with E-state index in [1.807, 2.05) is 18.2 Å². The average Bonchev–Trinajstić information content (AvgIpc) is 3.49. The molecule has 3 heteroatoms. The molecule has 0 saturated carbocycles. The quantitative estimate of drug-likeness (QED) is 0.200. The van der Waals surface area contributed by atoms with E-state index in [4.69, 9.17) is 9.40 Å². The molecule has 0 unspecified atom stereocenters. The first-order valence-electron chi connectivity index (χ1n) is 15.5. The fraction of sp³-hybridized carbons (Fsp3) is 0. The molecule has 0 aliphatic rings. The SMILES string of the molecule is c1ccc(-c2cccc(N(c3cccc(-c4cccc5ccccc45)c3)c3cccc4cc5c(nc34)oc3ccccc35)c2)cc1. The molecule has 0 aliphatic heterocycles. The Hall–Kier alpha value is -6.19. The van der Waals surface area contributed by atoms with Gasteiger partial charge in [-0.05, 0) is 75.5 Å². The van der Waals surface area contributed by atoms with Crippen molar-refractivity contribution in [3.05, 3.63) is 170 Å². The van der Waals surface area contributed by atoms with E-state index in [2.05, 4.69) is 157 Å². The lowest BCUT2D eigenvalue weighted by Gasteiger charge is -2.27. The Labute approximate surface area is 266 Å². The largest absolute Gasteiger partial charge is 0.438 e. The summed E-state index contributed by atoms with van der Waals surface area (Å²) in [5, 5.41) is 5.62. The Morgan fingerprint density at radius 1 is 0.435 bits per heavy atom. The number of aromatic nitrogens is 1. The van der Waals surface area contributed by atoms with Gasteiger partial charge < -0.3 is 9.32 Å². The summed E-state index contributed by atoms with van der Waals surface area (Å²) in [5.74, 6) is 0. The number of anilines is 3. The van der Waals surface area contributed by atoms with E-state index in [9.17, 15) is 0 Å². The van der Waals surface area contributed by atoms with E-state index in [0.717, 1.165) is 55.4 Å². The van der Waals surface area contributed by atoms with Gasteiger partial charge in [-0.1, -0.05) is 127 Å². The highest BCUT2D eigenvalue weighted by molar-refractivity contribution is 6.10. The second-order valence-electron chi connectivity index (χ2n) is 11.6. The summed E-state index contributed by atoms with van der Waals surface area (Å²) >= 11 is 0. The molecule has 9 rings (SSSR count). The van der Waals surface area contributed by atoms with Crippen LogP contribution in [-0.4, -0.2) is 4.98 Å². The average molecular weight is 589 g/mol. The summed E-state index contributed by atoms with van der Waals surface area (Å²) in [6.45, 7) is 0. The summed E-state index contributed by atoms with van der Waals surface area (Å²) in [5.41, 5.74) is 10.2. The summed E-state index contributed by atoms with van der Waals surface area (Å²) in [6, 6.07) is 59.9. The molecule has 0 radical (unpaired) electrons. The van der Waals surface area contributed by atoms with Crippen LogP contribution in [0.5, 0.6) is 0 Å². The number of benzene rings is 7. The van der Waals surface area contributed by atoms with E-state index in [1.54, 1.807) is 0 Å². The highest BCUT2D eigenvalue weighted by Gasteiger charge is 2.19. The van der Waals surface area contributed by atoms with Crippen LogP contribution in [0.2, 0.25) is 0 Å². The fourth-order valence-electron chi connectivity index (χ4n) is 6.67. The molecule has 3 nitrogen and oxygen atoms in total. The predicted octanol–water partition coefficient (Wildman–Crippen LogP) is 12.1. The molecule has 0 saturated heterocycles. The minimum absolute atomic E-state index is 0.642. The number of para-hydroxylation sites is 2. The van der Waals surface area contributed by atoms with Crippen LogP contribution >= 0.6 is 0 Å². The highest BCUT2D eigenvalue weighted by Crippen LogP contribution is 2.42. The maximum Gasteiger partial charge on any atom is 0.227 e. The summed E-state index contributed by atoms with van der Waals surface area (Å²) in [6.07, 6.45) is 0. The van der Waals surface area contributed by atoms with Crippen molar-refractivity contribution in [3.63, 3.8) is 0 Å². The molecule has 7 aromatic carbocycles. The first-order chi connectivity index (χ1) is 22.8. The topological polar surface area (TPSA) is 29.3 Å². The summed E-state index contributed by atoms with van der Waals surface area (Å²) in [4.78, 5) is 7.50. The van der Waals surface area contributed by atoms with Crippen molar-refractivity contribution in [2.75, 3.05) is 4.90 Å². The van der Waals surface area contributed by atoms with Gasteiger partial charge in [-0.15, -0.1) is 0 Å². The predicted molar refractivity (Wildman–Crippen MR) is 192 cm³/mol. The van der Waals surface area contributed by atoms with E-state index >= 15 is 0 Å². The molecular formula is C43H28N2O. The maximum atomic E-state index is 6.27.